The number of nitrogens with zero attached hydrogens (tertiary/aromatic N) is 2. The number of rotatable bonds is 4. The second-order valence-electron chi connectivity index (χ2n) is 4.57. The maximum atomic E-state index is 11.9. The lowest BCUT2D eigenvalue weighted by Crippen LogP contribution is -1.96. The molecular formula is C16H14N4O2. The summed E-state index contributed by atoms with van der Waals surface area (Å²) >= 11 is 0. The monoisotopic (exact) mass is 294 g/mol. The molecule has 0 aliphatic carbocycles. The van der Waals surface area contributed by atoms with Crippen LogP contribution in [-0.4, -0.2) is 17.3 Å². The Kier molecular flexibility index (Phi) is 3.82. The molecule has 2 aromatic carbocycles. The molecule has 6 nitrogen and oxygen atoms in total. The summed E-state index contributed by atoms with van der Waals surface area (Å²) in [5, 5.41) is 13.5. The van der Waals surface area contributed by atoms with Crippen LogP contribution in [0.3, 0.4) is 0 Å². The molecule has 0 unspecified atom stereocenters. The first kappa shape index (κ1) is 13.8. The molecule has 1 heterocycles. The summed E-state index contributed by atoms with van der Waals surface area (Å²) in [6.45, 7) is 0. The molecule has 110 valence electrons. The zero-order valence-corrected chi connectivity index (χ0v) is 11.9. The molecule has 0 saturated carbocycles. The van der Waals surface area contributed by atoms with Crippen LogP contribution in [-0.2, 0) is 0 Å². The van der Waals surface area contributed by atoms with Crippen LogP contribution in [0.1, 0.15) is 0 Å². The Bertz CT molecular complexity index is 833. The van der Waals surface area contributed by atoms with Gasteiger partial charge in [-0.15, -0.1) is 5.11 Å². The van der Waals surface area contributed by atoms with Crippen molar-refractivity contribution in [2.45, 2.75) is 0 Å². The molecule has 3 aromatic rings. The smallest absolute Gasteiger partial charge is 0.292 e. The van der Waals surface area contributed by atoms with Crippen LogP contribution in [0, 0.1) is 0 Å². The number of azo groups is 1. The average Bonchev–Trinajstić information content (AvgIpc) is 2.95. The molecule has 6 heteroatoms. The lowest BCUT2D eigenvalue weighted by atomic mass is 10.1. The predicted octanol–water partition coefficient (Wildman–Crippen LogP) is 3.79. The van der Waals surface area contributed by atoms with E-state index >= 15 is 0 Å². The molecule has 0 aliphatic rings. The van der Waals surface area contributed by atoms with Crippen molar-refractivity contribution >= 4 is 11.4 Å². The minimum atomic E-state index is -0.314. The number of nitrogens with one attached hydrogen (secondary N) is 2. The van der Waals surface area contributed by atoms with Gasteiger partial charge < -0.3 is 4.74 Å². The van der Waals surface area contributed by atoms with E-state index in [2.05, 4.69) is 20.4 Å². The van der Waals surface area contributed by atoms with Crippen molar-refractivity contribution in [2.75, 3.05) is 7.11 Å². The first-order valence-electron chi connectivity index (χ1n) is 6.70. The minimum absolute atomic E-state index is 0.244. The number of ether oxygens (including phenoxy) is 1. The van der Waals surface area contributed by atoms with Crippen molar-refractivity contribution in [3.63, 3.8) is 0 Å². The summed E-state index contributed by atoms with van der Waals surface area (Å²) in [6, 6.07) is 16.6. The van der Waals surface area contributed by atoms with Crippen molar-refractivity contribution in [3.05, 3.63) is 65.0 Å². The Morgan fingerprint density at radius 2 is 1.64 bits per heavy atom. The van der Waals surface area contributed by atoms with E-state index in [-0.39, 0.29) is 11.2 Å². The van der Waals surface area contributed by atoms with Gasteiger partial charge in [-0.1, -0.05) is 18.2 Å². The van der Waals surface area contributed by atoms with Crippen molar-refractivity contribution in [2.24, 2.45) is 10.2 Å². The van der Waals surface area contributed by atoms with Gasteiger partial charge in [0.15, 0.2) is 5.69 Å². The molecule has 0 bridgehead atoms. The van der Waals surface area contributed by atoms with Gasteiger partial charge in [-0.3, -0.25) is 15.0 Å². The maximum absolute atomic E-state index is 11.9. The normalized spacial score (nSPS) is 11.0. The van der Waals surface area contributed by atoms with E-state index in [4.69, 9.17) is 4.74 Å². The number of methoxy groups -OCH3 is 1. The molecule has 0 fully saturated rings. The summed E-state index contributed by atoms with van der Waals surface area (Å²) in [6.07, 6.45) is 0. The van der Waals surface area contributed by atoms with Crippen LogP contribution < -0.4 is 10.3 Å². The lowest BCUT2D eigenvalue weighted by Gasteiger charge is -2.01. The second-order valence-corrected chi connectivity index (χ2v) is 4.57. The first-order chi connectivity index (χ1) is 10.8. The van der Waals surface area contributed by atoms with Gasteiger partial charge in [-0.05, 0) is 36.4 Å². The van der Waals surface area contributed by atoms with Crippen LogP contribution in [0.4, 0.5) is 11.4 Å². The Morgan fingerprint density at radius 1 is 0.909 bits per heavy atom. The van der Waals surface area contributed by atoms with Gasteiger partial charge >= 0.3 is 0 Å². The topological polar surface area (TPSA) is 82.6 Å². The Hall–Kier alpha value is -3.15. The van der Waals surface area contributed by atoms with Crippen LogP contribution >= 0.6 is 0 Å². The first-order valence-corrected chi connectivity index (χ1v) is 6.70. The van der Waals surface area contributed by atoms with E-state index in [1.807, 2.05) is 54.6 Å². The van der Waals surface area contributed by atoms with Crippen LogP contribution in [0.25, 0.3) is 11.3 Å². The number of aromatic nitrogens is 2. The second kappa shape index (κ2) is 6.09. The number of hydrogen-bond donors (Lipinski definition) is 2. The molecule has 2 N–H and O–H groups in total. The quantitative estimate of drug-likeness (QED) is 0.717. The van der Waals surface area contributed by atoms with E-state index in [0.29, 0.717) is 11.4 Å². The fraction of sp³-hybridized carbons (Fsp3) is 0.0625. The van der Waals surface area contributed by atoms with E-state index in [0.717, 1.165) is 11.3 Å². The highest BCUT2D eigenvalue weighted by Crippen LogP contribution is 2.27. The van der Waals surface area contributed by atoms with Gasteiger partial charge in [0, 0.05) is 5.56 Å². The fourth-order valence-electron chi connectivity index (χ4n) is 2.02. The summed E-state index contributed by atoms with van der Waals surface area (Å²) in [5.74, 6) is 0.745. The third-order valence-electron chi connectivity index (χ3n) is 3.15. The van der Waals surface area contributed by atoms with Crippen LogP contribution in [0.5, 0.6) is 5.75 Å². The lowest BCUT2D eigenvalue weighted by molar-refractivity contribution is 0.415. The Morgan fingerprint density at radius 3 is 2.32 bits per heavy atom. The highest BCUT2D eigenvalue weighted by molar-refractivity contribution is 5.71. The summed E-state index contributed by atoms with van der Waals surface area (Å²) in [5.41, 5.74) is 2.02. The third-order valence-corrected chi connectivity index (χ3v) is 3.15. The van der Waals surface area contributed by atoms with Gasteiger partial charge in [-0.25, -0.2) is 0 Å². The van der Waals surface area contributed by atoms with Gasteiger partial charge in [-0.2, -0.15) is 5.11 Å². The predicted molar refractivity (Wildman–Crippen MR) is 84.0 cm³/mol. The van der Waals surface area contributed by atoms with Gasteiger partial charge in [0.05, 0.1) is 18.5 Å². The summed E-state index contributed by atoms with van der Waals surface area (Å²) in [7, 11) is 1.60. The molecule has 0 aliphatic heterocycles. The highest BCUT2D eigenvalue weighted by Gasteiger charge is 2.11. The minimum Gasteiger partial charge on any atom is -0.497 e. The zero-order chi connectivity index (χ0) is 15.4. The summed E-state index contributed by atoms with van der Waals surface area (Å²) < 4.78 is 5.12. The van der Waals surface area contributed by atoms with Crippen molar-refractivity contribution in [1.82, 2.24) is 10.2 Å². The number of H-pyrrole nitrogens is 2. The molecular weight excluding hydrogens is 280 g/mol. The van der Waals surface area contributed by atoms with Gasteiger partial charge in [0.25, 0.3) is 5.56 Å². The average molecular weight is 294 g/mol. The molecule has 22 heavy (non-hydrogen) atoms. The van der Waals surface area contributed by atoms with E-state index in [1.54, 1.807) is 7.11 Å². The molecule has 1 aromatic heterocycles. The third kappa shape index (κ3) is 2.80. The van der Waals surface area contributed by atoms with E-state index < -0.39 is 0 Å². The number of hydrogen-bond acceptors (Lipinski definition) is 4. The van der Waals surface area contributed by atoms with Gasteiger partial charge in [0.1, 0.15) is 5.75 Å². The van der Waals surface area contributed by atoms with E-state index in [1.165, 1.54) is 0 Å². The molecule has 0 amide bonds. The highest BCUT2D eigenvalue weighted by atomic mass is 16.5. The number of benzene rings is 2. The Labute approximate surface area is 126 Å². The standard InChI is InChI=1S/C16H14N4O2/c1-22-13-9-7-11(8-10-13)14-15(16(21)20-18-14)19-17-12-5-3-2-4-6-12/h2-10H,1H3,(H2,18,20,21). The van der Waals surface area contributed by atoms with Crippen molar-refractivity contribution < 1.29 is 4.74 Å². The number of aromatic amines is 2. The SMILES string of the molecule is COc1ccc(-c2[nH][nH]c(=O)c2N=Nc2ccccc2)cc1. The fourth-order valence-corrected chi connectivity index (χ4v) is 2.02. The molecule has 0 atom stereocenters. The van der Waals surface area contributed by atoms with Crippen molar-refractivity contribution in [3.8, 4) is 17.0 Å². The van der Waals surface area contributed by atoms with Crippen LogP contribution in [0.15, 0.2) is 69.6 Å². The zero-order valence-electron chi connectivity index (χ0n) is 11.9. The molecule has 0 spiro atoms. The van der Waals surface area contributed by atoms with Crippen molar-refractivity contribution in [1.29, 1.82) is 0 Å². The van der Waals surface area contributed by atoms with Crippen LogP contribution in [0.2, 0.25) is 0 Å². The van der Waals surface area contributed by atoms with E-state index in [9.17, 15) is 4.79 Å². The molecule has 0 radical (unpaired) electrons. The molecule has 0 saturated heterocycles. The largest absolute Gasteiger partial charge is 0.497 e. The summed E-state index contributed by atoms with van der Waals surface area (Å²) in [4.78, 5) is 11.9. The molecule has 3 rings (SSSR count). The maximum Gasteiger partial charge on any atom is 0.292 e. The van der Waals surface area contributed by atoms with Gasteiger partial charge in [0.2, 0.25) is 0 Å². The Balaban J connectivity index is 1.97.